The second-order valence-electron chi connectivity index (χ2n) is 8.43. The van der Waals surface area contributed by atoms with Gasteiger partial charge in [0, 0.05) is 32.5 Å². The van der Waals surface area contributed by atoms with Crippen molar-refractivity contribution in [3.63, 3.8) is 0 Å². The maximum Gasteiger partial charge on any atom is 0.420 e. The average Bonchev–Trinajstić information content (AvgIpc) is 3.46. The second kappa shape index (κ2) is 9.97. The van der Waals surface area contributed by atoms with Crippen LogP contribution in [0.5, 0.6) is 0 Å². The van der Waals surface area contributed by atoms with Crippen LogP contribution in [0.3, 0.4) is 0 Å². The molecule has 10 nitrogen and oxygen atoms in total. The molecule has 4 heterocycles. The minimum Gasteiger partial charge on any atom is -0.388 e. The fourth-order valence-electron chi connectivity index (χ4n) is 3.84. The van der Waals surface area contributed by atoms with Crippen molar-refractivity contribution in [3.8, 4) is 16.6 Å². The number of halogens is 4. The number of nitriles is 1. The number of rotatable bonds is 6. The van der Waals surface area contributed by atoms with Crippen molar-refractivity contribution in [3.05, 3.63) is 40.8 Å². The zero-order valence-electron chi connectivity index (χ0n) is 19.4. The van der Waals surface area contributed by atoms with Gasteiger partial charge in [0.2, 0.25) is 5.95 Å². The SMILES string of the molecule is CC(O)c1sc(-c2nc(N[C@@H]3CCN(S(=O)(=O)c4cn(C)cn4)C[C@H]3F)ncc2C(F)(F)F)cc1C#N. The molecule has 3 aromatic rings. The maximum atomic E-state index is 15.0. The Balaban J connectivity index is 1.59. The third-order valence-corrected chi connectivity index (χ3v) is 8.76. The van der Waals surface area contributed by atoms with Gasteiger partial charge >= 0.3 is 6.18 Å². The van der Waals surface area contributed by atoms with Crippen LogP contribution in [0.4, 0.5) is 23.5 Å². The van der Waals surface area contributed by atoms with Gasteiger partial charge in [0.15, 0.2) is 5.03 Å². The lowest BCUT2D eigenvalue weighted by Gasteiger charge is -2.33. The fourth-order valence-corrected chi connectivity index (χ4v) is 6.32. The highest BCUT2D eigenvalue weighted by Gasteiger charge is 2.39. The van der Waals surface area contributed by atoms with Crippen LogP contribution in [-0.4, -0.2) is 62.7 Å². The van der Waals surface area contributed by atoms with Crippen molar-refractivity contribution < 1.29 is 31.1 Å². The zero-order chi connectivity index (χ0) is 27.1. The average molecular weight is 560 g/mol. The number of aryl methyl sites for hydroxylation is 1. The van der Waals surface area contributed by atoms with E-state index in [9.17, 15) is 32.0 Å². The molecule has 198 valence electrons. The fraction of sp³-hybridized carbons (Fsp3) is 0.429. The van der Waals surface area contributed by atoms with Gasteiger partial charge in [-0.15, -0.1) is 11.3 Å². The molecule has 0 bridgehead atoms. The molecule has 0 spiro atoms. The number of aliphatic hydroxyl groups is 1. The summed E-state index contributed by atoms with van der Waals surface area (Å²) in [6.07, 6.45) is -4.44. The van der Waals surface area contributed by atoms with E-state index >= 15 is 4.39 Å². The smallest absolute Gasteiger partial charge is 0.388 e. The van der Waals surface area contributed by atoms with Gasteiger partial charge in [0.25, 0.3) is 10.0 Å². The van der Waals surface area contributed by atoms with Crippen molar-refractivity contribution in [2.75, 3.05) is 18.4 Å². The van der Waals surface area contributed by atoms with E-state index in [1.54, 1.807) is 7.05 Å². The standard InChI is InChI=1S/C21H21F4N7O3S2/c1-11(33)19-12(6-26)5-16(36-19)18-13(21(23,24)25)7-27-20(30-18)29-15-3-4-32(8-14(15)22)37(34,35)17-9-31(2)10-28-17/h5,7,9-11,14-15,33H,3-4,8H2,1-2H3,(H,27,29,30)/t11?,14-,15-/m1/s1. The summed E-state index contributed by atoms with van der Waals surface area (Å²) in [5.74, 6) is -0.290. The summed E-state index contributed by atoms with van der Waals surface area (Å²) < 4.78 is 84.0. The minimum absolute atomic E-state index is 0.00327. The number of hydrogen-bond acceptors (Lipinski definition) is 9. The summed E-state index contributed by atoms with van der Waals surface area (Å²) in [5.41, 5.74) is -1.67. The summed E-state index contributed by atoms with van der Waals surface area (Å²) >= 11 is 0.788. The molecule has 1 unspecified atom stereocenters. The summed E-state index contributed by atoms with van der Waals surface area (Å²) in [5, 5.41) is 21.6. The summed E-state index contributed by atoms with van der Waals surface area (Å²) in [6, 6.07) is 2.08. The highest BCUT2D eigenvalue weighted by atomic mass is 32.2. The number of sulfonamides is 1. The number of nitrogens with zero attached hydrogens (tertiary/aromatic N) is 6. The Labute approximate surface area is 213 Å². The van der Waals surface area contributed by atoms with Gasteiger partial charge in [0.05, 0.1) is 39.5 Å². The van der Waals surface area contributed by atoms with Crippen molar-refractivity contribution >= 4 is 27.3 Å². The number of alkyl halides is 4. The molecular formula is C21H21F4N7O3S2. The monoisotopic (exact) mass is 559 g/mol. The van der Waals surface area contributed by atoms with E-state index < -0.39 is 52.3 Å². The molecule has 1 aliphatic rings. The number of thiophene rings is 1. The first-order valence-electron chi connectivity index (χ1n) is 10.9. The van der Waals surface area contributed by atoms with Crippen LogP contribution in [0.15, 0.2) is 29.8 Å². The molecule has 3 atom stereocenters. The van der Waals surface area contributed by atoms with Gasteiger partial charge in [-0.05, 0) is 19.4 Å². The Morgan fingerprint density at radius 3 is 2.62 bits per heavy atom. The van der Waals surface area contributed by atoms with Gasteiger partial charge < -0.3 is 15.0 Å². The number of hydrogen-bond donors (Lipinski definition) is 2. The van der Waals surface area contributed by atoms with Gasteiger partial charge in [0.1, 0.15) is 17.8 Å². The molecule has 16 heteroatoms. The van der Waals surface area contributed by atoms with Gasteiger partial charge in [-0.2, -0.15) is 22.7 Å². The number of imidazole rings is 1. The van der Waals surface area contributed by atoms with Gasteiger partial charge in [-0.1, -0.05) is 0 Å². The molecule has 0 saturated carbocycles. The predicted octanol–water partition coefficient (Wildman–Crippen LogP) is 3.10. The van der Waals surface area contributed by atoms with E-state index in [4.69, 9.17) is 0 Å². The Kier molecular flexibility index (Phi) is 7.25. The molecule has 2 N–H and O–H groups in total. The minimum atomic E-state index is -4.82. The third-order valence-electron chi connectivity index (χ3n) is 5.69. The molecule has 0 radical (unpaired) electrons. The lowest BCUT2D eigenvalue weighted by molar-refractivity contribution is -0.137. The Morgan fingerprint density at radius 2 is 2.08 bits per heavy atom. The Bertz CT molecular complexity index is 1450. The third kappa shape index (κ3) is 5.44. The van der Waals surface area contributed by atoms with E-state index in [-0.39, 0.29) is 39.3 Å². The molecule has 3 aromatic heterocycles. The first-order chi connectivity index (χ1) is 17.3. The van der Waals surface area contributed by atoms with Crippen molar-refractivity contribution in [2.45, 2.75) is 42.9 Å². The highest BCUT2D eigenvalue weighted by Crippen LogP contribution is 2.41. The number of aromatic nitrogens is 4. The van der Waals surface area contributed by atoms with Crippen molar-refractivity contribution in [1.29, 1.82) is 5.26 Å². The largest absolute Gasteiger partial charge is 0.420 e. The Hall–Kier alpha value is -3.13. The second-order valence-corrected chi connectivity index (χ2v) is 11.4. The first kappa shape index (κ1) is 26.9. The lowest BCUT2D eigenvalue weighted by Crippen LogP contribution is -2.50. The predicted molar refractivity (Wildman–Crippen MR) is 125 cm³/mol. The van der Waals surface area contributed by atoms with Crippen LogP contribution < -0.4 is 5.32 Å². The maximum absolute atomic E-state index is 15.0. The van der Waals surface area contributed by atoms with Crippen LogP contribution in [-0.2, 0) is 23.2 Å². The van der Waals surface area contributed by atoms with E-state index in [0.29, 0.717) is 6.20 Å². The molecular weight excluding hydrogens is 538 g/mol. The molecule has 0 aromatic carbocycles. The van der Waals surface area contributed by atoms with Crippen LogP contribution in [0.2, 0.25) is 0 Å². The molecule has 0 amide bonds. The van der Waals surface area contributed by atoms with Crippen LogP contribution in [0, 0.1) is 11.3 Å². The van der Waals surface area contributed by atoms with E-state index in [0.717, 1.165) is 15.6 Å². The molecule has 1 saturated heterocycles. The number of aliphatic hydroxyl groups excluding tert-OH is 1. The van der Waals surface area contributed by atoms with Crippen molar-refractivity contribution in [1.82, 2.24) is 23.8 Å². The first-order valence-corrected chi connectivity index (χ1v) is 13.1. The number of anilines is 1. The van der Waals surface area contributed by atoms with E-state index in [1.165, 1.54) is 30.1 Å². The summed E-state index contributed by atoms with van der Waals surface area (Å²) in [6.45, 7) is 0.840. The topological polar surface area (TPSA) is 137 Å². The van der Waals surface area contributed by atoms with Crippen molar-refractivity contribution in [2.24, 2.45) is 7.05 Å². The van der Waals surface area contributed by atoms with Gasteiger partial charge in [-0.25, -0.2) is 27.8 Å². The molecule has 4 rings (SSSR count). The normalized spacial score (nSPS) is 19.9. The van der Waals surface area contributed by atoms with E-state index in [1.807, 2.05) is 6.07 Å². The lowest BCUT2D eigenvalue weighted by atomic mass is 10.1. The molecule has 1 aliphatic heterocycles. The van der Waals surface area contributed by atoms with Gasteiger partial charge in [-0.3, -0.25) is 0 Å². The summed E-state index contributed by atoms with van der Waals surface area (Å²) in [7, 11) is -2.42. The van der Waals surface area contributed by atoms with Crippen LogP contribution >= 0.6 is 11.3 Å². The molecule has 0 aliphatic carbocycles. The quantitative estimate of drug-likeness (QED) is 0.440. The molecule has 37 heavy (non-hydrogen) atoms. The van der Waals surface area contributed by atoms with Crippen LogP contribution in [0.25, 0.3) is 10.6 Å². The van der Waals surface area contributed by atoms with Crippen LogP contribution in [0.1, 0.15) is 35.5 Å². The number of nitrogens with one attached hydrogen (secondary N) is 1. The zero-order valence-corrected chi connectivity index (χ0v) is 21.1. The Morgan fingerprint density at radius 1 is 1.35 bits per heavy atom. The molecule has 1 fully saturated rings. The number of piperidine rings is 1. The summed E-state index contributed by atoms with van der Waals surface area (Å²) in [4.78, 5) is 11.7. The van der Waals surface area contributed by atoms with E-state index in [2.05, 4.69) is 20.3 Å². The highest BCUT2D eigenvalue weighted by molar-refractivity contribution is 7.89.